The van der Waals surface area contributed by atoms with Crippen LogP contribution >= 0.6 is 0 Å². The molecule has 1 aliphatic carbocycles. The van der Waals surface area contributed by atoms with Crippen LogP contribution in [-0.4, -0.2) is 30.1 Å². The number of carboxylic acids is 1. The van der Waals surface area contributed by atoms with E-state index >= 15 is 0 Å². The van der Waals surface area contributed by atoms with Gasteiger partial charge in [0.15, 0.2) is 0 Å². The van der Waals surface area contributed by atoms with E-state index < -0.39 is 17.8 Å². The largest absolute Gasteiger partial charge is 0.481 e. The third kappa shape index (κ3) is 3.25. The van der Waals surface area contributed by atoms with E-state index in [1.807, 2.05) is 0 Å². The molecule has 1 aromatic rings. The maximum absolute atomic E-state index is 11.7. The second-order valence-electron chi connectivity index (χ2n) is 4.56. The Morgan fingerprint density at radius 1 is 1.05 bits per heavy atom. The van der Waals surface area contributed by atoms with Crippen LogP contribution in [0.4, 0.5) is 16.2 Å². The fourth-order valence-electron chi connectivity index (χ4n) is 1.82. The lowest BCUT2D eigenvalue weighted by molar-refractivity contribution is -0.139. The van der Waals surface area contributed by atoms with E-state index in [1.165, 1.54) is 7.05 Å². The van der Waals surface area contributed by atoms with Gasteiger partial charge in [-0.25, -0.2) is 4.79 Å². The van der Waals surface area contributed by atoms with Crippen molar-refractivity contribution in [3.05, 3.63) is 24.3 Å². The summed E-state index contributed by atoms with van der Waals surface area (Å²) >= 11 is 0. The predicted molar refractivity (Wildman–Crippen MR) is 72.4 cm³/mol. The molecule has 0 spiro atoms. The first-order valence-corrected chi connectivity index (χ1v) is 6.13. The van der Waals surface area contributed by atoms with Crippen molar-refractivity contribution in [2.24, 2.45) is 11.8 Å². The number of carbonyl (C=O) groups excluding carboxylic acids is 2. The minimum Gasteiger partial charge on any atom is -0.481 e. The Labute approximate surface area is 115 Å². The standard InChI is InChI=1S/C13H15N3O4/c1-14-13(20)16-8-4-2-7(3-5-8)15-11(17)9-6-10(9)12(18)19/h2-5,9-10H,6H2,1H3,(H,15,17)(H,18,19)(H2,14,16,20)/t9-,10+/m1/s1. The van der Waals surface area contributed by atoms with E-state index in [1.54, 1.807) is 24.3 Å². The fraction of sp³-hybridized carbons (Fsp3) is 0.308. The maximum Gasteiger partial charge on any atom is 0.318 e. The molecule has 1 fully saturated rings. The fourth-order valence-corrected chi connectivity index (χ4v) is 1.82. The molecule has 4 N–H and O–H groups in total. The van der Waals surface area contributed by atoms with Crippen molar-refractivity contribution >= 4 is 29.3 Å². The Balaban J connectivity index is 1.89. The number of benzene rings is 1. The van der Waals surface area contributed by atoms with Gasteiger partial charge in [-0.3, -0.25) is 9.59 Å². The van der Waals surface area contributed by atoms with Gasteiger partial charge in [0.05, 0.1) is 11.8 Å². The van der Waals surface area contributed by atoms with Gasteiger partial charge in [0.1, 0.15) is 0 Å². The molecule has 0 radical (unpaired) electrons. The van der Waals surface area contributed by atoms with Crippen LogP contribution in [0.5, 0.6) is 0 Å². The topological polar surface area (TPSA) is 108 Å². The number of urea groups is 1. The van der Waals surface area contributed by atoms with Crippen molar-refractivity contribution in [3.63, 3.8) is 0 Å². The Morgan fingerprint density at radius 3 is 2.05 bits per heavy atom. The number of hydrogen-bond donors (Lipinski definition) is 4. The van der Waals surface area contributed by atoms with Crippen LogP contribution in [0.1, 0.15) is 6.42 Å². The molecule has 0 aliphatic heterocycles. The SMILES string of the molecule is CNC(=O)Nc1ccc(NC(=O)[C@@H]2C[C@@H]2C(=O)O)cc1. The first-order chi connectivity index (χ1) is 9.51. The average Bonchev–Trinajstić information content (AvgIpc) is 3.21. The van der Waals surface area contributed by atoms with Gasteiger partial charge < -0.3 is 21.1 Å². The summed E-state index contributed by atoms with van der Waals surface area (Å²) in [5, 5.41) is 16.4. The Hall–Kier alpha value is -2.57. The molecule has 2 atom stereocenters. The van der Waals surface area contributed by atoms with Crippen molar-refractivity contribution in [3.8, 4) is 0 Å². The van der Waals surface area contributed by atoms with Crippen LogP contribution in [-0.2, 0) is 9.59 Å². The lowest BCUT2D eigenvalue weighted by atomic mass is 10.2. The van der Waals surface area contributed by atoms with Gasteiger partial charge in [0.25, 0.3) is 0 Å². The zero-order chi connectivity index (χ0) is 14.7. The van der Waals surface area contributed by atoms with Crippen molar-refractivity contribution < 1.29 is 19.5 Å². The zero-order valence-corrected chi connectivity index (χ0v) is 10.8. The highest BCUT2D eigenvalue weighted by Gasteiger charge is 2.48. The molecule has 0 saturated heterocycles. The van der Waals surface area contributed by atoms with Crippen LogP contribution in [0.25, 0.3) is 0 Å². The maximum atomic E-state index is 11.7. The van der Waals surface area contributed by atoms with Crippen molar-refractivity contribution in [2.45, 2.75) is 6.42 Å². The predicted octanol–water partition coefficient (Wildman–Crippen LogP) is 1.10. The molecule has 1 aliphatic rings. The van der Waals surface area contributed by atoms with Crippen LogP contribution in [0.3, 0.4) is 0 Å². The average molecular weight is 277 g/mol. The highest BCUT2D eigenvalue weighted by atomic mass is 16.4. The molecular weight excluding hydrogens is 262 g/mol. The summed E-state index contributed by atoms with van der Waals surface area (Å²) in [4.78, 5) is 33.5. The molecule has 0 aromatic heterocycles. The van der Waals surface area contributed by atoms with Gasteiger partial charge in [0.2, 0.25) is 5.91 Å². The summed E-state index contributed by atoms with van der Waals surface area (Å²) in [5.74, 6) is -2.24. The number of anilines is 2. The Morgan fingerprint density at radius 2 is 1.60 bits per heavy atom. The van der Waals surface area contributed by atoms with E-state index in [-0.39, 0.29) is 11.9 Å². The number of aliphatic carboxylic acids is 1. The minimum absolute atomic E-state index is 0.288. The Bertz CT molecular complexity index is 541. The normalized spacial score (nSPS) is 19.9. The van der Waals surface area contributed by atoms with E-state index in [2.05, 4.69) is 16.0 Å². The van der Waals surface area contributed by atoms with E-state index in [9.17, 15) is 14.4 Å². The summed E-state index contributed by atoms with van der Waals surface area (Å²) in [5.41, 5.74) is 1.16. The summed E-state index contributed by atoms with van der Waals surface area (Å²) in [6.45, 7) is 0. The van der Waals surface area contributed by atoms with Crippen molar-refractivity contribution in [1.29, 1.82) is 0 Å². The quantitative estimate of drug-likeness (QED) is 0.660. The molecule has 0 heterocycles. The first kappa shape index (κ1) is 13.9. The first-order valence-electron chi connectivity index (χ1n) is 6.13. The number of rotatable bonds is 4. The van der Waals surface area contributed by atoms with Gasteiger partial charge in [-0.15, -0.1) is 0 Å². The van der Waals surface area contributed by atoms with Gasteiger partial charge in [-0.05, 0) is 30.7 Å². The number of amides is 3. The van der Waals surface area contributed by atoms with Crippen LogP contribution in [0.15, 0.2) is 24.3 Å². The summed E-state index contributed by atoms with van der Waals surface area (Å²) < 4.78 is 0. The van der Waals surface area contributed by atoms with Gasteiger partial charge >= 0.3 is 12.0 Å². The van der Waals surface area contributed by atoms with Gasteiger partial charge in [0, 0.05) is 18.4 Å². The van der Waals surface area contributed by atoms with E-state index in [0.717, 1.165) is 0 Å². The molecule has 2 rings (SSSR count). The summed E-state index contributed by atoms with van der Waals surface area (Å²) in [6.07, 6.45) is 0.386. The zero-order valence-electron chi connectivity index (χ0n) is 10.8. The molecule has 7 nitrogen and oxygen atoms in total. The van der Waals surface area contributed by atoms with Crippen LogP contribution < -0.4 is 16.0 Å². The highest BCUT2D eigenvalue weighted by Crippen LogP contribution is 2.39. The molecule has 20 heavy (non-hydrogen) atoms. The van der Waals surface area contributed by atoms with Crippen LogP contribution in [0.2, 0.25) is 0 Å². The molecule has 1 saturated carbocycles. The lowest BCUT2D eigenvalue weighted by Crippen LogP contribution is -2.24. The number of nitrogens with one attached hydrogen (secondary N) is 3. The summed E-state index contributed by atoms with van der Waals surface area (Å²) in [7, 11) is 1.51. The molecule has 0 bridgehead atoms. The molecule has 106 valence electrons. The van der Waals surface area contributed by atoms with E-state index in [4.69, 9.17) is 5.11 Å². The second kappa shape index (κ2) is 5.60. The molecular formula is C13H15N3O4. The van der Waals surface area contributed by atoms with Crippen LogP contribution in [0, 0.1) is 11.8 Å². The third-order valence-electron chi connectivity index (χ3n) is 3.08. The summed E-state index contributed by atoms with van der Waals surface area (Å²) in [6, 6.07) is 6.24. The highest BCUT2D eigenvalue weighted by molar-refractivity contribution is 5.98. The van der Waals surface area contributed by atoms with Gasteiger partial charge in [-0.1, -0.05) is 0 Å². The minimum atomic E-state index is -0.935. The third-order valence-corrected chi connectivity index (χ3v) is 3.08. The number of carbonyl (C=O) groups is 3. The molecule has 0 unspecified atom stereocenters. The second-order valence-corrected chi connectivity index (χ2v) is 4.56. The van der Waals surface area contributed by atoms with Crippen molar-refractivity contribution in [1.82, 2.24) is 5.32 Å². The van der Waals surface area contributed by atoms with Crippen molar-refractivity contribution in [2.75, 3.05) is 17.7 Å². The monoisotopic (exact) mass is 277 g/mol. The molecule has 3 amide bonds. The smallest absolute Gasteiger partial charge is 0.318 e. The lowest BCUT2D eigenvalue weighted by Gasteiger charge is -2.07. The molecule has 1 aromatic carbocycles. The Kier molecular flexibility index (Phi) is 3.88. The molecule has 7 heteroatoms. The van der Waals surface area contributed by atoms with Gasteiger partial charge in [-0.2, -0.15) is 0 Å². The number of hydrogen-bond acceptors (Lipinski definition) is 3. The van der Waals surface area contributed by atoms with E-state index in [0.29, 0.717) is 17.8 Å². The number of carboxylic acid groups (broad SMARTS) is 1.